The van der Waals surface area contributed by atoms with E-state index in [1.54, 1.807) is 48.5 Å². The molecule has 3 aromatic rings. The van der Waals surface area contributed by atoms with Crippen LogP contribution in [0.4, 0.5) is 4.39 Å². The molecule has 0 radical (unpaired) electrons. The van der Waals surface area contributed by atoms with Gasteiger partial charge in [0.05, 0.1) is 16.8 Å². The number of ether oxygens (including phenoxy) is 1. The lowest BCUT2D eigenvalue weighted by molar-refractivity contribution is 0.0734. The number of nitrogens with one attached hydrogen (secondary N) is 1. The topological polar surface area (TPSA) is 67.8 Å². The Kier molecular flexibility index (Phi) is 6.14. The summed E-state index contributed by atoms with van der Waals surface area (Å²) in [6.45, 7) is 0. The molecule has 0 saturated heterocycles. The fourth-order valence-electron chi connectivity index (χ4n) is 2.28. The van der Waals surface area contributed by atoms with Gasteiger partial charge in [0.25, 0.3) is 5.91 Å². The maximum absolute atomic E-state index is 12.9. The summed E-state index contributed by atoms with van der Waals surface area (Å²) in [6.07, 6.45) is 1.40. The number of halogens is 2. The highest BCUT2D eigenvalue weighted by molar-refractivity contribution is 6.33. The van der Waals surface area contributed by atoms with E-state index < -0.39 is 17.7 Å². The van der Waals surface area contributed by atoms with Crippen LogP contribution in [0.25, 0.3) is 0 Å². The minimum absolute atomic E-state index is 0.259. The highest BCUT2D eigenvalue weighted by Gasteiger charge is 2.12. The standard InChI is InChI=1S/C21H14ClFN2O3/c22-19-7-2-1-6-18(19)21(27)28-17-5-3-4-14(12-17)13-24-25-20(26)15-8-10-16(23)11-9-15/h1-13H,(H,25,26). The summed E-state index contributed by atoms with van der Waals surface area (Å²) in [6, 6.07) is 18.3. The van der Waals surface area contributed by atoms with Crippen molar-refractivity contribution in [3.63, 3.8) is 0 Å². The number of hydrogen-bond donors (Lipinski definition) is 1. The largest absolute Gasteiger partial charge is 0.423 e. The highest BCUT2D eigenvalue weighted by Crippen LogP contribution is 2.19. The Labute approximate surface area is 165 Å². The van der Waals surface area contributed by atoms with Gasteiger partial charge in [-0.05, 0) is 54.1 Å². The van der Waals surface area contributed by atoms with Crippen LogP contribution in [0, 0.1) is 5.82 Å². The van der Waals surface area contributed by atoms with Crippen LogP contribution in [0.1, 0.15) is 26.3 Å². The summed E-state index contributed by atoms with van der Waals surface area (Å²) < 4.78 is 18.2. The van der Waals surface area contributed by atoms with Crippen molar-refractivity contribution in [1.29, 1.82) is 0 Å². The first-order valence-electron chi connectivity index (χ1n) is 8.19. The zero-order chi connectivity index (χ0) is 19.9. The van der Waals surface area contributed by atoms with E-state index in [0.29, 0.717) is 16.3 Å². The van der Waals surface area contributed by atoms with E-state index in [4.69, 9.17) is 16.3 Å². The Morgan fingerprint density at radius 1 is 1.00 bits per heavy atom. The first-order valence-corrected chi connectivity index (χ1v) is 8.56. The number of hydrogen-bond acceptors (Lipinski definition) is 4. The summed E-state index contributed by atoms with van der Waals surface area (Å²) >= 11 is 5.99. The maximum atomic E-state index is 12.9. The molecule has 7 heteroatoms. The van der Waals surface area contributed by atoms with Gasteiger partial charge in [0, 0.05) is 5.56 Å². The van der Waals surface area contributed by atoms with Crippen LogP contribution in [-0.4, -0.2) is 18.1 Å². The first-order chi connectivity index (χ1) is 13.5. The Balaban J connectivity index is 1.63. The lowest BCUT2D eigenvalue weighted by Crippen LogP contribution is -2.17. The van der Waals surface area contributed by atoms with Gasteiger partial charge < -0.3 is 4.74 Å². The van der Waals surface area contributed by atoms with Crippen molar-refractivity contribution < 1.29 is 18.7 Å². The SMILES string of the molecule is O=C(NN=Cc1cccc(OC(=O)c2ccccc2Cl)c1)c1ccc(F)cc1. The van der Waals surface area contributed by atoms with Gasteiger partial charge in [-0.25, -0.2) is 14.6 Å². The Morgan fingerprint density at radius 3 is 2.50 bits per heavy atom. The van der Waals surface area contributed by atoms with Crippen molar-refractivity contribution in [2.45, 2.75) is 0 Å². The Bertz CT molecular complexity index is 1040. The molecule has 1 N–H and O–H groups in total. The lowest BCUT2D eigenvalue weighted by atomic mass is 10.2. The molecule has 0 aliphatic carbocycles. The molecule has 0 saturated carbocycles. The van der Waals surface area contributed by atoms with Crippen LogP contribution in [-0.2, 0) is 0 Å². The van der Waals surface area contributed by atoms with Crippen molar-refractivity contribution in [2.24, 2.45) is 5.10 Å². The summed E-state index contributed by atoms with van der Waals surface area (Å²) in [5.74, 6) is -1.18. The molecule has 0 aromatic heterocycles. The third-order valence-electron chi connectivity index (χ3n) is 3.65. The molecular formula is C21H14ClFN2O3. The van der Waals surface area contributed by atoms with Crippen LogP contribution >= 0.6 is 11.6 Å². The van der Waals surface area contributed by atoms with E-state index in [-0.39, 0.29) is 11.1 Å². The number of esters is 1. The van der Waals surface area contributed by atoms with Crippen molar-refractivity contribution >= 4 is 29.7 Å². The molecule has 0 bridgehead atoms. The van der Waals surface area contributed by atoms with Crippen LogP contribution in [0.15, 0.2) is 77.9 Å². The van der Waals surface area contributed by atoms with Gasteiger partial charge in [0.15, 0.2) is 0 Å². The van der Waals surface area contributed by atoms with E-state index in [9.17, 15) is 14.0 Å². The highest BCUT2D eigenvalue weighted by atomic mass is 35.5. The normalized spacial score (nSPS) is 10.6. The minimum Gasteiger partial charge on any atom is -0.423 e. The van der Waals surface area contributed by atoms with Crippen molar-refractivity contribution in [1.82, 2.24) is 5.43 Å². The number of carbonyl (C=O) groups is 2. The van der Waals surface area contributed by atoms with E-state index >= 15 is 0 Å². The zero-order valence-electron chi connectivity index (χ0n) is 14.4. The van der Waals surface area contributed by atoms with E-state index in [1.165, 1.54) is 30.5 Å². The quantitative estimate of drug-likeness (QED) is 0.299. The van der Waals surface area contributed by atoms with Crippen LogP contribution in [0.2, 0.25) is 5.02 Å². The number of benzene rings is 3. The predicted octanol–water partition coefficient (Wildman–Crippen LogP) is 4.46. The van der Waals surface area contributed by atoms with E-state index in [0.717, 1.165) is 0 Å². The van der Waals surface area contributed by atoms with Gasteiger partial charge in [0.1, 0.15) is 11.6 Å². The minimum atomic E-state index is -0.579. The molecule has 0 aliphatic rings. The van der Waals surface area contributed by atoms with Crippen molar-refractivity contribution in [3.8, 4) is 5.75 Å². The van der Waals surface area contributed by atoms with Gasteiger partial charge >= 0.3 is 5.97 Å². The molecule has 5 nitrogen and oxygen atoms in total. The third kappa shape index (κ3) is 5.02. The van der Waals surface area contributed by atoms with Gasteiger partial charge in [0.2, 0.25) is 0 Å². The molecule has 28 heavy (non-hydrogen) atoms. The number of carbonyl (C=O) groups excluding carboxylic acids is 2. The zero-order valence-corrected chi connectivity index (χ0v) is 15.2. The fraction of sp³-hybridized carbons (Fsp3) is 0. The smallest absolute Gasteiger partial charge is 0.345 e. The number of amides is 1. The monoisotopic (exact) mass is 396 g/mol. The molecule has 0 heterocycles. The maximum Gasteiger partial charge on any atom is 0.345 e. The molecule has 0 spiro atoms. The number of nitrogens with zero attached hydrogens (tertiary/aromatic N) is 1. The van der Waals surface area contributed by atoms with Gasteiger partial charge in [-0.2, -0.15) is 5.10 Å². The van der Waals surface area contributed by atoms with Crippen molar-refractivity contribution in [2.75, 3.05) is 0 Å². The van der Waals surface area contributed by atoms with Gasteiger partial charge in [-0.1, -0.05) is 35.9 Å². The second-order valence-electron chi connectivity index (χ2n) is 5.65. The van der Waals surface area contributed by atoms with E-state index in [2.05, 4.69) is 10.5 Å². The second-order valence-corrected chi connectivity index (χ2v) is 6.06. The van der Waals surface area contributed by atoms with Gasteiger partial charge in [-0.15, -0.1) is 0 Å². The fourth-order valence-corrected chi connectivity index (χ4v) is 2.49. The van der Waals surface area contributed by atoms with Crippen molar-refractivity contribution in [3.05, 3.63) is 100 Å². The Morgan fingerprint density at radius 2 is 1.75 bits per heavy atom. The average molecular weight is 397 g/mol. The molecule has 0 atom stereocenters. The summed E-state index contributed by atoms with van der Waals surface area (Å²) in [5, 5.41) is 4.15. The molecule has 0 unspecified atom stereocenters. The molecule has 3 aromatic carbocycles. The van der Waals surface area contributed by atoms with Crippen LogP contribution in [0.3, 0.4) is 0 Å². The van der Waals surface area contributed by atoms with E-state index in [1.807, 2.05) is 0 Å². The predicted molar refractivity (Wildman–Crippen MR) is 104 cm³/mol. The summed E-state index contributed by atoms with van der Waals surface area (Å²) in [4.78, 5) is 24.1. The first kappa shape index (κ1) is 19.3. The molecular weight excluding hydrogens is 383 g/mol. The third-order valence-corrected chi connectivity index (χ3v) is 3.98. The summed E-state index contributed by atoms with van der Waals surface area (Å²) in [5.41, 5.74) is 3.48. The molecule has 3 rings (SSSR count). The van der Waals surface area contributed by atoms with Crippen LogP contribution < -0.4 is 10.2 Å². The second kappa shape index (κ2) is 8.92. The molecule has 0 aliphatic heterocycles. The van der Waals surface area contributed by atoms with Gasteiger partial charge in [-0.3, -0.25) is 4.79 Å². The number of hydrazone groups is 1. The van der Waals surface area contributed by atoms with Crippen LogP contribution in [0.5, 0.6) is 5.75 Å². The number of rotatable bonds is 5. The summed E-state index contributed by atoms with van der Waals surface area (Å²) in [7, 11) is 0. The molecule has 140 valence electrons. The molecule has 1 amide bonds. The average Bonchev–Trinajstić information content (AvgIpc) is 2.69. The Hall–Kier alpha value is -3.51. The lowest BCUT2D eigenvalue weighted by Gasteiger charge is -2.06. The molecule has 0 fully saturated rings.